The molecule has 0 aliphatic carbocycles. The number of hydrogen-bond acceptors (Lipinski definition) is 8. The van der Waals surface area contributed by atoms with E-state index in [4.69, 9.17) is 14.7 Å². The molecule has 0 radical (unpaired) electrons. The molecule has 2 aliphatic rings. The van der Waals surface area contributed by atoms with Crippen molar-refractivity contribution in [3.63, 3.8) is 0 Å². The van der Waals surface area contributed by atoms with E-state index in [0.29, 0.717) is 37.8 Å². The molecule has 260 valence electrons. The van der Waals surface area contributed by atoms with E-state index < -0.39 is 12.2 Å². The van der Waals surface area contributed by atoms with E-state index in [1.54, 1.807) is 5.48 Å². The van der Waals surface area contributed by atoms with Gasteiger partial charge in [0.2, 0.25) is 11.8 Å². The molecule has 49 heavy (non-hydrogen) atoms. The Labute approximate surface area is 285 Å². The predicted molar refractivity (Wildman–Crippen MR) is 184 cm³/mol. The van der Waals surface area contributed by atoms with Gasteiger partial charge in [-0.15, -0.1) is 0 Å². The maximum Gasteiger partial charge on any atom is 0.326 e. The summed E-state index contributed by atoms with van der Waals surface area (Å²) < 4.78 is 15.0. The van der Waals surface area contributed by atoms with Crippen molar-refractivity contribution in [3.8, 4) is 0 Å². The molecule has 0 bridgehead atoms. The molecule has 0 saturated carbocycles. The maximum atomic E-state index is 12.8. The van der Waals surface area contributed by atoms with Gasteiger partial charge >= 0.3 is 5.69 Å². The topological polar surface area (TPSA) is 158 Å². The zero-order valence-corrected chi connectivity index (χ0v) is 27.6. The van der Waals surface area contributed by atoms with Crippen molar-refractivity contribution in [1.82, 2.24) is 19.9 Å². The van der Waals surface area contributed by atoms with E-state index >= 15 is 0 Å². The number of aromatic amines is 1. The van der Waals surface area contributed by atoms with Gasteiger partial charge in [-0.25, -0.2) is 10.3 Å². The number of rotatable bonds is 13. The minimum atomic E-state index is -0.607. The highest BCUT2D eigenvalue weighted by atomic mass is 16.7. The molecular weight excluding hydrogens is 626 g/mol. The lowest BCUT2D eigenvalue weighted by Gasteiger charge is -2.40. The second-order valence-corrected chi connectivity index (χ2v) is 13.0. The van der Waals surface area contributed by atoms with E-state index in [1.165, 1.54) is 0 Å². The van der Waals surface area contributed by atoms with Crippen molar-refractivity contribution < 1.29 is 29.4 Å². The Morgan fingerprint density at radius 2 is 1.55 bits per heavy atom. The van der Waals surface area contributed by atoms with E-state index in [-0.39, 0.29) is 42.9 Å². The number of benzene rings is 3. The number of nitrogens with one attached hydrogen (secondary N) is 3. The van der Waals surface area contributed by atoms with Gasteiger partial charge in [-0.05, 0) is 61.1 Å². The fourth-order valence-corrected chi connectivity index (χ4v) is 6.87. The Morgan fingerprint density at radius 1 is 0.857 bits per heavy atom. The number of hydrogen-bond donors (Lipinski definition) is 5. The third-order valence-electron chi connectivity index (χ3n) is 9.52. The lowest BCUT2D eigenvalue weighted by molar-refractivity contribution is -0.253. The van der Waals surface area contributed by atoms with Gasteiger partial charge in [-0.3, -0.25) is 19.4 Å². The lowest BCUT2D eigenvalue weighted by atomic mass is 9.98. The van der Waals surface area contributed by atoms with Crippen LogP contribution in [0.2, 0.25) is 0 Å². The molecule has 6 rings (SSSR count). The van der Waals surface area contributed by atoms with Gasteiger partial charge in [0, 0.05) is 56.2 Å². The van der Waals surface area contributed by atoms with Gasteiger partial charge in [0.25, 0.3) is 0 Å². The van der Waals surface area contributed by atoms with Crippen LogP contribution in [0.3, 0.4) is 0 Å². The number of likely N-dealkylation sites (tertiary alicyclic amines) is 1. The molecular formula is C37H45N5O7. The molecule has 2 aliphatic heterocycles. The second-order valence-electron chi connectivity index (χ2n) is 13.0. The second kappa shape index (κ2) is 16.4. The summed E-state index contributed by atoms with van der Waals surface area (Å²) in [5, 5.41) is 21.0. The highest BCUT2D eigenvalue weighted by Crippen LogP contribution is 2.39. The normalized spacial score (nSPS) is 20.3. The quantitative estimate of drug-likeness (QED) is 0.0747. The molecule has 1 aromatic heterocycles. The first-order valence-corrected chi connectivity index (χ1v) is 17.1. The number of hydroxylamine groups is 1. The zero-order valence-electron chi connectivity index (χ0n) is 27.6. The van der Waals surface area contributed by atoms with Crippen LogP contribution in [0.4, 0.5) is 5.69 Å². The molecule has 3 aromatic carbocycles. The molecule has 2 amide bonds. The number of ether oxygens (including phenoxy) is 2. The van der Waals surface area contributed by atoms with E-state index in [1.807, 2.05) is 77.4 Å². The van der Waals surface area contributed by atoms with Crippen LogP contribution in [0.25, 0.3) is 11.0 Å². The summed E-state index contributed by atoms with van der Waals surface area (Å²) in [5.41, 5.74) is 6.76. The highest BCUT2D eigenvalue weighted by molar-refractivity contribution is 5.90. The third kappa shape index (κ3) is 8.83. The first kappa shape index (κ1) is 34.5. The molecule has 4 aromatic rings. The fourth-order valence-electron chi connectivity index (χ4n) is 6.87. The molecule has 12 heteroatoms. The first-order valence-electron chi connectivity index (χ1n) is 17.1. The van der Waals surface area contributed by atoms with Crippen molar-refractivity contribution in [3.05, 3.63) is 100.0 Å². The third-order valence-corrected chi connectivity index (χ3v) is 9.52. The standard InChI is InChI=1S/C37H45N5O7/c43-24-25-10-12-26(13-11-25)33-22-30(23-41-20-18-29(19-21-41)42-32-7-5-4-6-31(32)39-37(42)46)48-36(49-33)27-14-16-28(17-15-27)38-34(44)8-2-1-3-9-35(45)40-47/h4-7,10-17,29-30,33,36,43,47H,1-3,8-9,18-24H2,(H,38,44)(H,39,46)(H,40,45). The summed E-state index contributed by atoms with van der Waals surface area (Å²) in [4.78, 5) is 41.8. The zero-order chi connectivity index (χ0) is 34.2. The minimum Gasteiger partial charge on any atom is -0.392 e. The van der Waals surface area contributed by atoms with E-state index in [2.05, 4.69) is 15.2 Å². The number of anilines is 1. The van der Waals surface area contributed by atoms with Crippen molar-refractivity contribution in [2.75, 3.05) is 25.0 Å². The number of aliphatic hydroxyl groups is 1. The number of imidazole rings is 1. The maximum absolute atomic E-state index is 12.8. The van der Waals surface area contributed by atoms with E-state index in [9.17, 15) is 19.5 Å². The average Bonchev–Trinajstić information content (AvgIpc) is 3.47. The number of H-pyrrole nitrogens is 1. The van der Waals surface area contributed by atoms with Gasteiger partial charge in [-0.2, -0.15) is 0 Å². The largest absolute Gasteiger partial charge is 0.392 e. The number of amides is 2. The monoisotopic (exact) mass is 671 g/mol. The molecule has 3 heterocycles. The fraction of sp³-hybridized carbons (Fsp3) is 0.432. The lowest BCUT2D eigenvalue weighted by Crippen LogP contribution is -2.43. The number of para-hydroxylation sites is 2. The predicted octanol–water partition coefficient (Wildman–Crippen LogP) is 5.10. The van der Waals surface area contributed by atoms with Crippen LogP contribution in [0.15, 0.2) is 77.6 Å². The van der Waals surface area contributed by atoms with Crippen molar-refractivity contribution in [1.29, 1.82) is 0 Å². The van der Waals surface area contributed by atoms with Gasteiger partial charge in [0.1, 0.15) is 0 Å². The number of nitrogens with zero attached hydrogens (tertiary/aromatic N) is 2. The Kier molecular flexibility index (Phi) is 11.5. The first-order chi connectivity index (χ1) is 23.9. The summed E-state index contributed by atoms with van der Waals surface area (Å²) >= 11 is 0. The Hall–Kier alpha value is -4.33. The minimum absolute atomic E-state index is 0.0208. The van der Waals surface area contributed by atoms with Crippen LogP contribution in [0.1, 0.15) is 86.5 Å². The Morgan fingerprint density at radius 3 is 2.27 bits per heavy atom. The molecule has 2 fully saturated rings. The summed E-state index contributed by atoms with van der Waals surface area (Å²) in [6, 6.07) is 23.3. The summed E-state index contributed by atoms with van der Waals surface area (Å²) in [5.74, 6) is -0.525. The number of piperidine rings is 1. The van der Waals surface area contributed by atoms with Crippen LogP contribution in [0, 0.1) is 0 Å². The van der Waals surface area contributed by atoms with Gasteiger partial charge < -0.3 is 29.8 Å². The smallest absolute Gasteiger partial charge is 0.326 e. The van der Waals surface area contributed by atoms with Crippen LogP contribution in [-0.4, -0.2) is 62.3 Å². The average molecular weight is 672 g/mol. The van der Waals surface area contributed by atoms with Crippen molar-refractivity contribution in [2.24, 2.45) is 0 Å². The Bertz CT molecular complexity index is 1750. The Balaban J connectivity index is 1.07. The number of unbranched alkanes of at least 4 members (excludes halogenated alkanes) is 2. The summed E-state index contributed by atoms with van der Waals surface area (Å²) in [6.45, 7) is 2.42. The highest BCUT2D eigenvalue weighted by Gasteiger charge is 2.34. The summed E-state index contributed by atoms with van der Waals surface area (Å²) in [7, 11) is 0. The number of aliphatic hydroxyl groups excluding tert-OH is 1. The van der Waals surface area contributed by atoms with Crippen LogP contribution in [0.5, 0.6) is 0 Å². The number of carbonyl (C=O) groups is 2. The molecule has 3 unspecified atom stereocenters. The molecule has 5 N–H and O–H groups in total. The molecule has 0 spiro atoms. The van der Waals surface area contributed by atoms with Gasteiger partial charge in [0.05, 0.1) is 29.8 Å². The summed E-state index contributed by atoms with van der Waals surface area (Å²) in [6.07, 6.45) is 4.03. The van der Waals surface area contributed by atoms with Crippen LogP contribution >= 0.6 is 0 Å². The SMILES string of the molecule is O=C(CCCCCC(=O)Nc1ccc(C2OC(CN3CCC(n4c(=O)[nH]c5ccccc54)CC3)CC(c3ccc(CO)cc3)O2)cc1)NO. The number of fused-ring (bicyclic) bond motifs is 1. The van der Waals surface area contributed by atoms with Gasteiger partial charge in [-0.1, -0.05) is 55.0 Å². The number of carbonyl (C=O) groups excluding carboxylic acids is 2. The van der Waals surface area contributed by atoms with Gasteiger partial charge in [0.15, 0.2) is 6.29 Å². The van der Waals surface area contributed by atoms with Crippen LogP contribution < -0.4 is 16.5 Å². The van der Waals surface area contributed by atoms with Crippen molar-refractivity contribution >= 4 is 28.5 Å². The number of aromatic nitrogens is 2. The van der Waals surface area contributed by atoms with E-state index in [0.717, 1.165) is 60.2 Å². The van der Waals surface area contributed by atoms with Crippen LogP contribution in [-0.2, 0) is 25.7 Å². The molecule has 3 atom stereocenters. The van der Waals surface area contributed by atoms with Crippen molar-refractivity contribution in [2.45, 2.75) is 82.5 Å². The molecule has 12 nitrogen and oxygen atoms in total. The molecule has 2 saturated heterocycles.